The molecule has 1 aromatic carbocycles. The van der Waals surface area contributed by atoms with Gasteiger partial charge in [-0.05, 0) is 12.6 Å². The van der Waals surface area contributed by atoms with Gasteiger partial charge in [-0.1, -0.05) is 24.6 Å². The Morgan fingerprint density at radius 1 is 1.50 bits per heavy atom. The van der Waals surface area contributed by atoms with Gasteiger partial charge in [0.1, 0.15) is 0 Å². The van der Waals surface area contributed by atoms with E-state index in [1.807, 2.05) is 13.1 Å². The zero-order valence-electron chi connectivity index (χ0n) is 11.0. The fourth-order valence-electron chi connectivity index (χ4n) is 1.89. The summed E-state index contributed by atoms with van der Waals surface area (Å²) in [6.07, 6.45) is 3.51. The molecule has 6 nitrogen and oxygen atoms in total. The van der Waals surface area contributed by atoms with E-state index >= 15 is 0 Å². The molecule has 0 saturated carbocycles. The standard InChI is InChI=1S/C13H15ClN4O2/c1-2-15-6-10-7-17(9-16-10)8-11-12(14)4-3-5-13(11)18(19)20/h3-5,7,9,15H,2,6,8H2,1H3. The summed E-state index contributed by atoms with van der Waals surface area (Å²) in [4.78, 5) is 14.8. The lowest BCUT2D eigenvalue weighted by Crippen LogP contribution is -2.11. The van der Waals surface area contributed by atoms with Crippen LogP contribution < -0.4 is 5.32 Å². The number of halogens is 1. The molecular weight excluding hydrogens is 280 g/mol. The maximum absolute atomic E-state index is 11.0. The van der Waals surface area contributed by atoms with Gasteiger partial charge in [-0.25, -0.2) is 4.98 Å². The van der Waals surface area contributed by atoms with Crippen LogP contribution in [0.2, 0.25) is 5.02 Å². The van der Waals surface area contributed by atoms with Gasteiger partial charge in [0.15, 0.2) is 0 Å². The molecule has 0 radical (unpaired) electrons. The highest BCUT2D eigenvalue weighted by molar-refractivity contribution is 6.31. The average Bonchev–Trinajstić information content (AvgIpc) is 2.86. The van der Waals surface area contributed by atoms with Gasteiger partial charge in [0, 0.05) is 18.8 Å². The molecule has 1 aromatic heterocycles. The van der Waals surface area contributed by atoms with E-state index in [1.54, 1.807) is 23.0 Å². The molecule has 106 valence electrons. The lowest BCUT2D eigenvalue weighted by molar-refractivity contribution is -0.385. The van der Waals surface area contributed by atoms with Crippen molar-refractivity contribution in [2.45, 2.75) is 20.0 Å². The summed E-state index contributed by atoms with van der Waals surface area (Å²) in [6.45, 7) is 3.89. The SMILES string of the molecule is CCNCc1cn(Cc2c(Cl)cccc2[N+](=O)[O-])cn1. The van der Waals surface area contributed by atoms with Gasteiger partial charge < -0.3 is 9.88 Å². The van der Waals surface area contributed by atoms with Crippen LogP contribution in [0, 0.1) is 10.1 Å². The molecule has 0 aliphatic carbocycles. The van der Waals surface area contributed by atoms with Crippen molar-refractivity contribution in [2.75, 3.05) is 6.54 Å². The minimum atomic E-state index is -0.419. The first-order valence-electron chi connectivity index (χ1n) is 6.25. The quantitative estimate of drug-likeness (QED) is 0.656. The highest BCUT2D eigenvalue weighted by atomic mass is 35.5. The predicted octanol–water partition coefficient (Wildman–Crippen LogP) is 2.60. The molecule has 0 unspecified atom stereocenters. The second-order valence-electron chi connectivity index (χ2n) is 4.31. The molecule has 2 rings (SSSR count). The van der Waals surface area contributed by atoms with Gasteiger partial charge in [-0.15, -0.1) is 0 Å². The third-order valence-electron chi connectivity index (χ3n) is 2.87. The molecule has 0 fully saturated rings. The van der Waals surface area contributed by atoms with Gasteiger partial charge in [0.2, 0.25) is 0 Å². The van der Waals surface area contributed by atoms with E-state index in [-0.39, 0.29) is 5.69 Å². The number of nitro groups is 1. The van der Waals surface area contributed by atoms with Crippen LogP contribution in [0.3, 0.4) is 0 Å². The molecule has 7 heteroatoms. The van der Waals surface area contributed by atoms with Crippen LogP contribution in [0.25, 0.3) is 0 Å². The van der Waals surface area contributed by atoms with Crippen molar-refractivity contribution in [3.63, 3.8) is 0 Å². The Labute approximate surface area is 121 Å². The van der Waals surface area contributed by atoms with Gasteiger partial charge in [0.25, 0.3) is 5.69 Å². The van der Waals surface area contributed by atoms with Crippen LogP contribution in [0.5, 0.6) is 0 Å². The second kappa shape index (κ2) is 6.49. The minimum Gasteiger partial charge on any atom is -0.332 e. The molecule has 0 amide bonds. The first-order valence-corrected chi connectivity index (χ1v) is 6.62. The molecule has 0 spiro atoms. The van der Waals surface area contributed by atoms with E-state index in [0.717, 1.165) is 12.2 Å². The van der Waals surface area contributed by atoms with Gasteiger partial charge >= 0.3 is 0 Å². The molecule has 0 aliphatic heterocycles. The smallest absolute Gasteiger partial charge is 0.275 e. The maximum Gasteiger partial charge on any atom is 0.275 e. The third-order valence-corrected chi connectivity index (χ3v) is 3.23. The largest absolute Gasteiger partial charge is 0.332 e. The van der Waals surface area contributed by atoms with Crippen molar-refractivity contribution in [1.29, 1.82) is 0 Å². The molecule has 0 saturated heterocycles. The second-order valence-corrected chi connectivity index (χ2v) is 4.72. The minimum absolute atomic E-state index is 0.0273. The lowest BCUT2D eigenvalue weighted by atomic mass is 10.2. The first-order chi connectivity index (χ1) is 9.61. The highest BCUT2D eigenvalue weighted by Gasteiger charge is 2.16. The van der Waals surface area contributed by atoms with Crippen LogP contribution in [0.4, 0.5) is 5.69 Å². The van der Waals surface area contributed by atoms with Crippen LogP contribution in [-0.2, 0) is 13.1 Å². The van der Waals surface area contributed by atoms with E-state index in [9.17, 15) is 10.1 Å². The number of benzene rings is 1. The maximum atomic E-state index is 11.0. The summed E-state index contributed by atoms with van der Waals surface area (Å²) >= 11 is 6.06. The van der Waals surface area contributed by atoms with Crippen molar-refractivity contribution < 1.29 is 4.92 Å². The summed E-state index contributed by atoms with van der Waals surface area (Å²) in [5, 5.41) is 14.6. The van der Waals surface area contributed by atoms with Gasteiger partial charge in [-0.2, -0.15) is 0 Å². The Morgan fingerprint density at radius 3 is 3.00 bits per heavy atom. The summed E-state index contributed by atoms with van der Waals surface area (Å²) in [5.74, 6) is 0. The third kappa shape index (κ3) is 3.34. The van der Waals surface area contributed by atoms with E-state index in [1.165, 1.54) is 6.07 Å². The van der Waals surface area contributed by atoms with Crippen LogP contribution >= 0.6 is 11.6 Å². The van der Waals surface area contributed by atoms with E-state index in [4.69, 9.17) is 11.6 Å². The van der Waals surface area contributed by atoms with Crippen molar-refractivity contribution in [2.24, 2.45) is 0 Å². The monoisotopic (exact) mass is 294 g/mol. The van der Waals surface area contributed by atoms with Crippen LogP contribution in [0.1, 0.15) is 18.2 Å². The normalized spacial score (nSPS) is 10.7. The average molecular weight is 295 g/mol. The molecule has 2 aromatic rings. The van der Waals surface area contributed by atoms with Crippen LogP contribution in [-0.4, -0.2) is 21.0 Å². The van der Waals surface area contributed by atoms with E-state index in [2.05, 4.69) is 10.3 Å². The number of nitro benzene ring substituents is 1. The molecule has 20 heavy (non-hydrogen) atoms. The summed E-state index contributed by atoms with van der Waals surface area (Å²) in [5.41, 5.74) is 1.41. The number of hydrogen-bond acceptors (Lipinski definition) is 4. The topological polar surface area (TPSA) is 73.0 Å². The predicted molar refractivity (Wildman–Crippen MR) is 76.8 cm³/mol. The van der Waals surface area contributed by atoms with E-state index < -0.39 is 4.92 Å². The van der Waals surface area contributed by atoms with Crippen LogP contribution in [0.15, 0.2) is 30.7 Å². The van der Waals surface area contributed by atoms with Gasteiger partial charge in [0.05, 0.1) is 34.1 Å². The first kappa shape index (κ1) is 14.5. The number of hydrogen-bond donors (Lipinski definition) is 1. The number of nitrogens with zero attached hydrogens (tertiary/aromatic N) is 3. The van der Waals surface area contributed by atoms with Gasteiger partial charge in [-0.3, -0.25) is 10.1 Å². The van der Waals surface area contributed by atoms with E-state index in [0.29, 0.717) is 23.7 Å². The Hall–Kier alpha value is -1.92. The summed E-state index contributed by atoms with van der Waals surface area (Å²) < 4.78 is 1.79. The zero-order valence-corrected chi connectivity index (χ0v) is 11.8. The fraction of sp³-hybridized carbons (Fsp3) is 0.308. The Bertz CT molecular complexity index is 612. The Kier molecular flexibility index (Phi) is 4.70. The molecule has 1 heterocycles. The molecule has 0 bridgehead atoms. The number of imidazole rings is 1. The zero-order chi connectivity index (χ0) is 14.5. The summed E-state index contributed by atoms with van der Waals surface area (Å²) in [6, 6.07) is 4.69. The molecule has 0 atom stereocenters. The Morgan fingerprint density at radius 2 is 2.30 bits per heavy atom. The lowest BCUT2D eigenvalue weighted by Gasteiger charge is -2.06. The highest BCUT2D eigenvalue weighted by Crippen LogP contribution is 2.27. The van der Waals surface area contributed by atoms with Crippen molar-refractivity contribution in [3.8, 4) is 0 Å². The Balaban J connectivity index is 2.21. The fourth-order valence-corrected chi connectivity index (χ4v) is 2.12. The van der Waals surface area contributed by atoms with Crippen molar-refractivity contribution in [1.82, 2.24) is 14.9 Å². The molecular formula is C13H15ClN4O2. The number of aromatic nitrogens is 2. The van der Waals surface area contributed by atoms with Crippen molar-refractivity contribution in [3.05, 3.63) is 57.1 Å². The molecule has 1 N–H and O–H groups in total. The van der Waals surface area contributed by atoms with Crippen molar-refractivity contribution >= 4 is 17.3 Å². The number of nitrogens with one attached hydrogen (secondary N) is 1. The summed E-state index contributed by atoms with van der Waals surface area (Å²) in [7, 11) is 0. The molecule has 0 aliphatic rings. The number of rotatable bonds is 6.